The van der Waals surface area contributed by atoms with Gasteiger partial charge in [0.1, 0.15) is 12.4 Å². The molecule has 0 fully saturated rings. The second-order valence-corrected chi connectivity index (χ2v) is 9.20. The van der Waals surface area contributed by atoms with Crippen LogP contribution in [0.5, 0.6) is 5.75 Å². The predicted octanol–water partition coefficient (Wildman–Crippen LogP) is 4.45. The van der Waals surface area contributed by atoms with Crippen LogP contribution in [0.1, 0.15) is 44.6 Å². The number of carbonyl (C=O) groups excluding carboxylic acids is 3. The molecule has 0 saturated carbocycles. The van der Waals surface area contributed by atoms with E-state index in [0.29, 0.717) is 28.3 Å². The van der Waals surface area contributed by atoms with Crippen LogP contribution in [0, 0.1) is 13.8 Å². The molecule has 0 aliphatic heterocycles. The quantitative estimate of drug-likeness (QED) is 0.290. The fourth-order valence-electron chi connectivity index (χ4n) is 3.48. The fourth-order valence-corrected chi connectivity index (χ4v) is 4.41. The van der Waals surface area contributed by atoms with Crippen LogP contribution in [0.3, 0.4) is 0 Å². The number of thioether (sulfide) groups is 1. The van der Waals surface area contributed by atoms with Gasteiger partial charge >= 0.3 is 11.9 Å². The van der Waals surface area contributed by atoms with Crippen molar-refractivity contribution < 1.29 is 28.6 Å². The van der Waals surface area contributed by atoms with E-state index in [4.69, 9.17) is 25.8 Å². The highest BCUT2D eigenvalue weighted by molar-refractivity contribution is 7.99. The van der Waals surface area contributed by atoms with Gasteiger partial charge in [-0.2, -0.15) is 0 Å². The molecule has 0 unspecified atom stereocenters. The molecule has 1 aromatic heterocycles. The summed E-state index contributed by atoms with van der Waals surface area (Å²) < 4.78 is 17.2. The lowest BCUT2D eigenvalue weighted by molar-refractivity contribution is -0.113. The SMILES string of the molecule is CCn1c(COc2cc(C)c(Cl)c(C)c2)nnc1SCC(=O)Nc1cc(C(=O)OC)ccc1C(=O)OC. The first-order valence-corrected chi connectivity index (χ1v) is 12.6. The third-order valence-corrected chi connectivity index (χ3v) is 6.90. The van der Waals surface area contributed by atoms with Gasteiger partial charge in [-0.15, -0.1) is 10.2 Å². The minimum absolute atomic E-state index is 0.0162. The Bertz CT molecular complexity index is 1300. The highest BCUT2D eigenvalue weighted by Gasteiger charge is 2.19. The van der Waals surface area contributed by atoms with E-state index in [9.17, 15) is 14.4 Å². The number of carbonyl (C=O) groups is 3. The van der Waals surface area contributed by atoms with Crippen molar-refractivity contribution in [1.29, 1.82) is 0 Å². The molecule has 37 heavy (non-hydrogen) atoms. The fraction of sp³-hybridized carbons (Fsp3) is 0.320. The zero-order valence-corrected chi connectivity index (χ0v) is 22.7. The average molecular weight is 547 g/mol. The predicted molar refractivity (Wildman–Crippen MR) is 139 cm³/mol. The summed E-state index contributed by atoms with van der Waals surface area (Å²) in [5.41, 5.74) is 2.27. The van der Waals surface area contributed by atoms with Crippen LogP contribution in [0.25, 0.3) is 0 Å². The number of benzene rings is 2. The average Bonchev–Trinajstić information content (AvgIpc) is 3.29. The normalized spacial score (nSPS) is 10.6. The monoisotopic (exact) mass is 546 g/mol. The second-order valence-electron chi connectivity index (χ2n) is 7.88. The van der Waals surface area contributed by atoms with Gasteiger partial charge in [0.15, 0.2) is 11.0 Å². The van der Waals surface area contributed by atoms with Crippen LogP contribution in [-0.2, 0) is 27.4 Å². The number of amides is 1. The number of hydrogen-bond donors (Lipinski definition) is 1. The van der Waals surface area contributed by atoms with Gasteiger partial charge in [-0.1, -0.05) is 23.4 Å². The van der Waals surface area contributed by atoms with Crippen molar-refractivity contribution in [3.05, 3.63) is 63.4 Å². The van der Waals surface area contributed by atoms with E-state index in [-0.39, 0.29) is 29.2 Å². The molecule has 2 aromatic carbocycles. The Hall–Kier alpha value is -3.57. The minimum atomic E-state index is -0.652. The molecule has 10 nitrogen and oxygen atoms in total. The molecule has 0 atom stereocenters. The largest absolute Gasteiger partial charge is 0.486 e. The Labute approximate surface area is 223 Å². The van der Waals surface area contributed by atoms with E-state index in [1.165, 1.54) is 44.2 Å². The first-order valence-electron chi connectivity index (χ1n) is 11.2. The number of hydrogen-bond acceptors (Lipinski definition) is 9. The zero-order valence-electron chi connectivity index (χ0n) is 21.1. The summed E-state index contributed by atoms with van der Waals surface area (Å²) in [6.07, 6.45) is 0. The molecule has 1 N–H and O–H groups in total. The summed E-state index contributed by atoms with van der Waals surface area (Å²) in [6.45, 7) is 6.53. The molecular formula is C25H27ClN4O6S. The maximum atomic E-state index is 12.7. The van der Waals surface area contributed by atoms with Crippen LogP contribution in [0.15, 0.2) is 35.5 Å². The third-order valence-electron chi connectivity index (χ3n) is 5.34. The summed E-state index contributed by atoms with van der Waals surface area (Å²) in [5.74, 6) is -0.398. The molecule has 0 radical (unpaired) electrons. The molecule has 1 amide bonds. The molecule has 0 bridgehead atoms. The van der Waals surface area contributed by atoms with Gasteiger partial charge in [0.05, 0.1) is 36.8 Å². The molecule has 12 heteroatoms. The summed E-state index contributed by atoms with van der Waals surface area (Å²) in [7, 11) is 2.47. The van der Waals surface area contributed by atoms with Gasteiger partial charge in [-0.3, -0.25) is 4.79 Å². The Morgan fingerprint density at radius 2 is 1.70 bits per heavy atom. The highest BCUT2D eigenvalue weighted by atomic mass is 35.5. The number of nitrogens with one attached hydrogen (secondary N) is 1. The van der Waals surface area contributed by atoms with Gasteiger partial charge in [0.25, 0.3) is 0 Å². The smallest absolute Gasteiger partial charge is 0.339 e. The van der Waals surface area contributed by atoms with Gasteiger partial charge in [-0.05, 0) is 62.2 Å². The Balaban J connectivity index is 1.68. The van der Waals surface area contributed by atoms with Gasteiger partial charge in [-0.25, -0.2) is 9.59 Å². The van der Waals surface area contributed by atoms with E-state index < -0.39 is 17.8 Å². The van der Waals surface area contributed by atoms with E-state index in [0.717, 1.165) is 11.1 Å². The number of rotatable bonds is 10. The summed E-state index contributed by atoms with van der Waals surface area (Å²) in [5, 5.41) is 12.3. The van der Waals surface area contributed by atoms with Crippen molar-refractivity contribution in [3.8, 4) is 5.75 Å². The summed E-state index contributed by atoms with van der Waals surface area (Å²) in [6, 6.07) is 7.90. The Morgan fingerprint density at radius 3 is 2.32 bits per heavy atom. The maximum Gasteiger partial charge on any atom is 0.339 e. The lowest BCUT2D eigenvalue weighted by Crippen LogP contribution is -2.18. The third kappa shape index (κ3) is 6.80. The van der Waals surface area contributed by atoms with Crippen molar-refractivity contribution in [3.63, 3.8) is 0 Å². The first kappa shape index (κ1) is 28.0. The second kappa shape index (κ2) is 12.6. The summed E-state index contributed by atoms with van der Waals surface area (Å²) in [4.78, 5) is 36.7. The maximum absolute atomic E-state index is 12.7. The van der Waals surface area contributed by atoms with E-state index in [2.05, 4.69) is 15.5 Å². The van der Waals surface area contributed by atoms with Crippen molar-refractivity contribution in [2.45, 2.75) is 39.1 Å². The minimum Gasteiger partial charge on any atom is -0.486 e. The first-order chi connectivity index (χ1) is 17.7. The molecule has 196 valence electrons. The van der Waals surface area contributed by atoms with Gasteiger partial charge in [0, 0.05) is 11.6 Å². The number of halogens is 1. The Kier molecular flexibility index (Phi) is 9.54. The molecule has 0 saturated heterocycles. The van der Waals surface area contributed by atoms with Crippen molar-refractivity contribution >= 4 is 46.9 Å². The number of esters is 2. The molecule has 3 aromatic rings. The Morgan fingerprint density at radius 1 is 1.03 bits per heavy atom. The molecular weight excluding hydrogens is 520 g/mol. The molecule has 1 heterocycles. The van der Waals surface area contributed by atoms with Crippen LogP contribution in [-0.4, -0.2) is 52.6 Å². The van der Waals surface area contributed by atoms with E-state index in [1.54, 1.807) is 0 Å². The van der Waals surface area contributed by atoms with Gasteiger partial charge < -0.3 is 24.1 Å². The number of anilines is 1. The molecule has 3 rings (SSSR count). The van der Waals surface area contributed by atoms with Crippen LogP contribution in [0.2, 0.25) is 5.02 Å². The molecule has 0 aliphatic rings. The van der Waals surface area contributed by atoms with E-state index >= 15 is 0 Å². The lowest BCUT2D eigenvalue weighted by atomic mass is 10.1. The topological polar surface area (TPSA) is 122 Å². The lowest BCUT2D eigenvalue weighted by Gasteiger charge is -2.12. The van der Waals surface area contributed by atoms with Crippen molar-refractivity contribution in [1.82, 2.24) is 14.8 Å². The van der Waals surface area contributed by atoms with Crippen LogP contribution < -0.4 is 10.1 Å². The number of aryl methyl sites for hydroxylation is 2. The van der Waals surface area contributed by atoms with Gasteiger partial charge in [0.2, 0.25) is 5.91 Å². The van der Waals surface area contributed by atoms with Crippen molar-refractivity contribution in [2.24, 2.45) is 0 Å². The number of ether oxygens (including phenoxy) is 3. The van der Waals surface area contributed by atoms with Crippen LogP contribution in [0.4, 0.5) is 5.69 Å². The molecule has 0 spiro atoms. The summed E-state index contributed by atoms with van der Waals surface area (Å²) >= 11 is 7.41. The van der Waals surface area contributed by atoms with Crippen LogP contribution >= 0.6 is 23.4 Å². The number of methoxy groups -OCH3 is 2. The highest BCUT2D eigenvalue weighted by Crippen LogP contribution is 2.27. The number of aromatic nitrogens is 3. The molecule has 0 aliphatic carbocycles. The standard InChI is InChI=1S/C25H27ClN4O6S/c1-6-30-20(12-36-17-9-14(2)22(26)15(3)10-17)28-29-25(30)37-13-21(31)27-19-11-16(23(32)34-4)7-8-18(19)24(33)35-5/h7-11H,6,12-13H2,1-5H3,(H,27,31). The van der Waals surface area contributed by atoms with Crippen molar-refractivity contribution in [2.75, 3.05) is 25.3 Å². The zero-order chi connectivity index (χ0) is 27.1. The van der Waals surface area contributed by atoms with E-state index in [1.807, 2.05) is 37.5 Å². The number of nitrogens with zero attached hydrogens (tertiary/aromatic N) is 3.